The van der Waals surface area contributed by atoms with Crippen LogP contribution in [0, 0.1) is 0 Å². The average Bonchev–Trinajstić information content (AvgIpc) is 2.40. The monoisotopic (exact) mass is 253 g/mol. The van der Waals surface area contributed by atoms with Crippen LogP contribution in [-0.4, -0.2) is 54.1 Å². The molecule has 0 bridgehead atoms. The van der Waals surface area contributed by atoms with Crippen molar-refractivity contribution in [2.24, 2.45) is 5.73 Å². The van der Waals surface area contributed by atoms with Crippen LogP contribution in [-0.2, 0) is 0 Å². The number of rotatable bonds is 5. The molecule has 2 N–H and O–H groups in total. The van der Waals surface area contributed by atoms with Crippen molar-refractivity contribution in [3.8, 4) is 0 Å². The maximum atomic E-state index is 6.38. The second-order valence-corrected chi connectivity index (χ2v) is 6.11. The molecule has 3 heteroatoms. The van der Waals surface area contributed by atoms with E-state index in [-0.39, 0.29) is 0 Å². The van der Waals surface area contributed by atoms with Gasteiger partial charge in [-0.15, -0.1) is 0 Å². The molecule has 106 valence electrons. The van der Waals surface area contributed by atoms with Crippen molar-refractivity contribution in [2.75, 3.05) is 26.2 Å². The Hall–Kier alpha value is -0.120. The van der Waals surface area contributed by atoms with E-state index >= 15 is 0 Å². The lowest BCUT2D eigenvalue weighted by molar-refractivity contribution is 0.0195. The summed E-state index contributed by atoms with van der Waals surface area (Å²) in [4.78, 5) is 5.39. The summed E-state index contributed by atoms with van der Waals surface area (Å²) in [6.45, 7) is 9.62. The van der Waals surface area contributed by atoms with E-state index in [0.717, 1.165) is 6.04 Å². The predicted octanol–water partition coefficient (Wildman–Crippen LogP) is 2.06. The van der Waals surface area contributed by atoms with Crippen LogP contribution in [0.3, 0.4) is 0 Å². The van der Waals surface area contributed by atoms with Crippen LogP contribution in [0.15, 0.2) is 0 Å². The quantitative estimate of drug-likeness (QED) is 0.814. The zero-order valence-corrected chi connectivity index (χ0v) is 12.3. The Kier molecular flexibility index (Phi) is 5.46. The first-order valence-electron chi connectivity index (χ1n) is 8.00. The first kappa shape index (κ1) is 14.3. The van der Waals surface area contributed by atoms with E-state index in [4.69, 9.17) is 5.73 Å². The summed E-state index contributed by atoms with van der Waals surface area (Å²) in [5.41, 5.74) is 6.38. The van der Waals surface area contributed by atoms with E-state index < -0.39 is 0 Å². The van der Waals surface area contributed by atoms with Gasteiger partial charge < -0.3 is 5.73 Å². The van der Waals surface area contributed by atoms with Gasteiger partial charge in [0.05, 0.1) is 0 Å². The van der Waals surface area contributed by atoms with E-state index in [1.54, 1.807) is 0 Å². The summed E-state index contributed by atoms with van der Waals surface area (Å²) in [6, 6.07) is 1.79. The maximum Gasteiger partial charge on any atom is 0.0245 e. The number of piperidine rings is 1. The zero-order valence-electron chi connectivity index (χ0n) is 12.3. The fourth-order valence-corrected chi connectivity index (χ4v) is 3.84. The molecule has 2 fully saturated rings. The fraction of sp³-hybridized carbons (Fsp3) is 1.00. The minimum atomic E-state index is 0.371. The summed E-state index contributed by atoms with van der Waals surface area (Å²) in [5, 5.41) is 0. The van der Waals surface area contributed by atoms with E-state index in [9.17, 15) is 0 Å². The molecule has 2 aliphatic heterocycles. The molecule has 2 saturated heterocycles. The van der Waals surface area contributed by atoms with Crippen molar-refractivity contribution in [1.29, 1.82) is 0 Å². The Bertz CT molecular complexity index is 244. The van der Waals surface area contributed by atoms with Gasteiger partial charge in [0.1, 0.15) is 0 Å². The van der Waals surface area contributed by atoms with E-state index in [2.05, 4.69) is 23.6 Å². The molecule has 2 rings (SSSR count). The van der Waals surface area contributed by atoms with Crippen LogP contribution in [0.25, 0.3) is 0 Å². The Labute approximate surface area is 113 Å². The number of piperazine rings is 1. The third-order valence-corrected chi connectivity index (χ3v) is 4.87. The number of fused-ring (bicyclic) bond motifs is 1. The van der Waals surface area contributed by atoms with E-state index in [0.29, 0.717) is 12.1 Å². The normalized spacial score (nSPS) is 29.8. The van der Waals surface area contributed by atoms with Crippen molar-refractivity contribution < 1.29 is 0 Å². The molecular weight excluding hydrogens is 222 g/mol. The standard InChI is InChI=1S/C15H31N3/c1-3-7-14(16)15(4-2)18-11-10-17-9-6-5-8-13(17)12-18/h13-15H,3-12,16H2,1-2H3. The van der Waals surface area contributed by atoms with Gasteiger partial charge in [-0.2, -0.15) is 0 Å². The molecule has 2 aliphatic rings. The highest BCUT2D eigenvalue weighted by Gasteiger charge is 2.33. The molecule has 0 aromatic rings. The highest BCUT2D eigenvalue weighted by atomic mass is 15.3. The fourth-order valence-electron chi connectivity index (χ4n) is 3.84. The first-order chi connectivity index (χ1) is 8.76. The van der Waals surface area contributed by atoms with Crippen LogP contribution in [0.5, 0.6) is 0 Å². The molecule has 3 nitrogen and oxygen atoms in total. The van der Waals surface area contributed by atoms with Gasteiger partial charge in [0.15, 0.2) is 0 Å². The molecule has 3 unspecified atom stereocenters. The Balaban J connectivity index is 1.91. The Morgan fingerprint density at radius 3 is 2.72 bits per heavy atom. The number of nitrogens with two attached hydrogens (primary N) is 1. The van der Waals surface area contributed by atoms with Crippen molar-refractivity contribution >= 4 is 0 Å². The summed E-state index contributed by atoms with van der Waals surface area (Å²) in [7, 11) is 0. The lowest BCUT2D eigenvalue weighted by Gasteiger charge is -2.47. The molecule has 18 heavy (non-hydrogen) atoms. The van der Waals surface area contributed by atoms with Gasteiger partial charge in [-0.25, -0.2) is 0 Å². The van der Waals surface area contributed by atoms with Crippen molar-refractivity contribution in [3.05, 3.63) is 0 Å². The molecule has 0 spiro atoms. The zero-order chi connectivity index (χ0) is 13.0. The van der Waals surface area contributed by atoms with Crippen LogP contribution >= 0.6 is 0 Å². The molecule has 0 radical (unpaired) electrons. The summed E-state index contributed by atoms with van der Waals surface area (Å²) in [5.74, 6) is 0. The molecule has 2 heterocycles. The Morgan fingerprint density at radius 1 is 1.17 bits per heavy atom. The third kappa shape index (κ3) is 3.25. The van der Waals surface area contributed by atoms with E-state index in [1.807, 2.05) is 0 Å². The highest BCUT2D eigenvalue weighted by Crippen LogP contribution is 2.24. The lowest BCUT2D eigenvalue weighted by atomic mass is 9.95. The van der Waals surface area contributed by atoms with Crippen LogP contribution < -0.4 is 5.73 Å². The van der Waals surface area contributed by atoms with Crippen molar-refractivity contribution in [1.82, 2.24) is 9.80 Å². The first-order valence-corrected chi connectivity index (χ1v) is 8.00. The van der Waals surface area contributed by atoms with Crippen molar-refractivity contribution in [2.45, 2.75) is 70.5 Å². The summed E-state index contributed by atoms with van der Waals surface area (Å²) >= 11 is 0. The van der Waals surface area contributed by atoms with Gasteiger partial charge in [0.25, 0.3) is 0 Å². The second-order valence-electron chi connectivity index (χ2n) is 6.11. The topological polar surface area (TPSA) is 32.5 Å². The summed E-state index contributed by atoms with van der Waals surface area (Å²) in [6.07, 6.45) is 7.81. The molecule has 0 aliphatic carbocycles. The number of hydrogen-bond donors (Lipinski definition) is 1. The van der Waals surface area contributed by atoms with Gasteiger partial charge in [0.2, 0.25) is 0 Å². The number of hydrogen-bond acceptors (Lipinski definition) is 3. The smallest absolute Gasteiger partial charge is 0.0245 e. The summed E-state index contributed by atoms with van der Waals surface area (Å²) < 4.78 is 0. The molecule has 0 aromatic carbocycles. The third-order valence-electron chi connectivity index (χ3n) is 4.87. The maximum absolute atomic E-state index is 6.38. The average molecular weight is 253 g/mol. The van der Waals surface area contributed by atoms with Crippen LogP contribution in [0.1, 0.15) is 52.4 Å². The lowest BCUT2D eigenvalue weighted by Crippen LogP contribution is -2.60. The predicted molar refractivity (Wildman–Crippen MR) is 77.7 cm³/mol. The highest BCUT2D eigenvalue weighted by molar-refractivity contribution is 4.90. The van der Waals surface area contributed by atoms with Gasteiger partial charge in [-0.1, -0.05) is 26.7 Å². The van der Waals surface area contributed by atoms with Gasteiger partial charge >= 0.3 is 0 Å². The SMILES string of the molecule is CCCC(N)C(CC)N1CCN2CCCCC2C1. The van der Waals surface area contributed by atoms with Gasteiger partial charge in [0, 0.05) is 37.8 Å². The van der Waals surface area contributed by atoms with E-state index in [1.165, 1.54) is 64.7 Å². The second kappa shape index (κ2) is 6.88. The molecule has 0 aromatic heterocycles. The number of nitrogens with zero attached hydrogens (tertiary/aromatic N) is 2. The van der Waals surface area contributed by atoms with Gasteiger partial charge in [-0.3, -0.25) is 9.80 Å². The minimum Gasteiger partial charge on any atom is -0.326 e. The molecule has 0 amide bonds. The van der Waals surface area contributed by atoms with Crippen LogP contribution in [0.2, 0.25) is 0 Å². The Morgan fingerprint density at radius 2 is 2.00 bits per heavy atom. The minimum absolute atomic E-state index is 0.371. The largest absolute Gasteiger partial charge is 0.326 e. The van der Waals surface area contributed by atoms with Gasteiger partial charge in [-0.05, 0) is 32.2 Å². The molecule has 0 saturated carbocycles. The van der Waals surface area contributed by atoms with Crippen LogP contribution in [0.4, 0.5) is 0 Å². The van der Waals surface area contributed by atoms with Crippen molar-refractivity contribution in [3.63, 3.8) is 0 Å². The molecular formula is C15H31N3. The molecule has 3 atom stereocenters.